The lowest BCUT2D eigenvalue weighted by molar-refractivity contribution is 0.609. The molecule has 13 heavy (non-hydrogen) atoms. The second-order valence-electron chi connectivity index (χ2n) is 2.38. The Balaban J connectivity index is 3.47. The molecule has 0 radical (unpaired) electrons. The van der Waals surface area contributed by atoms with Crippen LogP contribution in [0.25, 0.3) is 0 Å². The van der Waals surface area contributed by atoms with E-state index in [4.69, 9.17) is 15.9 Å². The summed E-state index contributed by atoms with van der Waals surface area (Å²) in [6.07, 6.45) is 1.30. The molecule has 1 heterocycles. The van der Waals surface area contributed by atoms with Crippen molar-refractivity contribution in [1.29, 1.82) is 5.26 Å². The Kier molecular flexibility index (Phi) is 2.55. The molecule has 0 saturated heterocycles. The summed E-state index contributed by atoms with van der Waals surface area (Å²) in [5.41, 5.74) is 0.457. The summed E-state index contributed by atoms with van der Waals surface area (Å²) in [5, 5.41) is 8.47. The van der Waals surface area contributed by atoms with Gasteiger partial charge in [0.1, 0.15) is 11.8 Å². The summed E-state index contributed by atoms with van der Waals surface area (Å²) in [6.45, 7) is 1.56. The van der Waals surface area contributed by atoms with E-state index in [1.54, 1.807) is 13.0 Å². The summed E-state index contributed by atoms with van der Waals surface area (Å²) < 4.78 is 21.9. The zero-order chi connectivity index (χ0) is 10.1. The number of hydrogen-bond donors (Lipinski definition) is 0. The average Bonchev–Trinajstić information content (AvgIpc) is 2.03. The summed E-state index contributed by atoms with van der Waals surface area (Å²) in [5.74, 6) is 0. The van der Waals surface area contributed by atoms with E-state index in [0.29, 0.717) is 5.56 Å². The summed E-state index contributed by atoms with van der Waals surface area (Å²) in [7, 11) is 1.34. The molecule has 0 N–H and O–H groups in total. The minimum atomic E-state index is -3.78. The zero-order valence-corrected chi connectivity index (χ0v) is 8.22. The Bertz CT molecular complexity index is 476. The van der Waals surface area contributed by atoms with Crippen LogP contribution in [0.1, 0.15) is 11.3 Å². The Morgan fingerprint density at radius 2 is 2.23 bits per heavy atom. The predicted octanol–water partition coefficient (Wildman–Crippen LogP) is 1.19. The number of nitrogens with zero attached hydrogens (tertiary/aromatic N) is 2. The molecular formula is C7H5ClN2O2S. The van der Waals surface area contributed by atoms with E-state index in [1.807, 2.05) is 0 Å². The molecule has 6 heteroatoms. The number of aryl methyl sites for hydroxylation is 1. The molecule has 1 rings (SSSR count). The quantitative estimate of drug-likeness (QED) is 0.661. The van der Waals surface area contributed by atoms with E-state index in [-0.39, 0.29) is 10.6 Å². The molecule has 0 amide bonds. The number of pyridine rings is 1. The molecule has 0 aliphatic rings. The molecule has 0 unspecified atom stereocenters. The highest BCUT2D eigenvalue weighted by Crippen LogP contribution is 2.18. The highest BCUT2D eigenvalue weighted by Gasteiger charge is 2.14. The molecule has 1 aromatic rings. The second kappa shape index (κ2) is 3.32. The fourth-order valence-corrected chi connectivity index (χ4v) is 2.02. The summed E-state index contributed by atoms with van der Waals surface area (Å²) in [4.78, 5) is 3.62. The molecule has 68 valence electrons. The molecule has 4 nitrogen and oxygen atoms in total. The minimum Gasteiger partial charge on any atom is -0.245 e. The first-order valence-electron chi connectivity index (χ1n) is 3.26. The normalized spacial score (nSPS) is 10.8. The largest absolute Gasteiger partial charge is 0.261 e. The number of nitriles is 1. The monoisotopic (exact) mass is 216 g/mol. The van der Waals surface area contributed by atoms with Crippen LogP contribution in [0.3, 0.4) is 0 Å². The first-order valence-corrected chi connectivity index (χ1v) is 5.57. The fourth-order valence-electron chi connectivity index (χ4n) is 0.829. The summed E-state index contributed by atoms with van der Waals surface area (Å²) in [6, 6.07) is 2.88. The van der Waals surface area contributed by atoms with Crippen LogP contribution >= 0.6 is 10.7 Å². The van der Waals surface area contributed by atoms with Crippen LogP contribution in [-0.2, 0) is 9.05 Å². The van der Waals surface area contributed by atoms with Crippen LogP contribution in [0.15, 0.2) is 17.2 Å². The zero-order valence-electron chi connectivity index (χ0n) is 6.65. The first kappa shape index (κ1) is 9.96. The Labute approximate surface area is 80.2 Å². The minimum absolute atomic E-state index is 0.0322. The van der Waals surface area contributed by atoms with E-state index < -0.39 is 9.05 Å². The van der Waals surface area contributed by atoms with Crippen molar-refractivity contribution in [2.45, 2.75) is 11.8 Å². The molecule has 0 bridgehead atoms. The number of halogens is 1. The van der Waals surface area contributed by atoms with Crippen molar-refractivity contribution in [1.82, 2.24) is 4.98 Å². The summed E-state index contributed by atoms with van der Waals surface area (Å²) >= 11 is 0. The van der Waals surface area contributed by atoms with E-state index in [0.717, 1.165) is 6.07 Å². The third-order valence-corrected chi connectivity index (χ3v) is 2.89. The molecule has 0 aliphatic carbocycles. The Morgan fingerprint density at radius 1 is 1.62 bits per heavy atom. The van der Waals surface area contributed by atoms with Gasteiger partial charge in [0.2, 0.25) is 0 Å². The Morgan fingerprint density at radius 3 is 2.69 bits per heavy atom. The lowest BCUT2D eigenvalue weighted by atomic mass is 10.3. The van der Waals surface area contributed by atoms with Crippen LogP contribution in [0.2, 0.25) is 0 Å². The van der Waals surface area contributed by atoms with Crippen molar-refractivity contribution in [2.24, 2.45) is 0 Å². The fraction of sp³-hybridized carbons (Fsp3) is 0.143. The maximum absolute atomic E-state index is 11.0. The van der Waals surface area contributed by atoms with Crippen LogP contribution in [0.4, 0.5) is 0 Å². The molecular weight excluding hydrogens is 212 g/mol. The van der Waals surface area contributed by atoms with Gasteiger partial charge in [-0.25, -0.2) is 13.4 Å². The molecule has 0 aromatic carbocycles. The van der Waals surface area contributed by atoms with Gasteiger partial charge in [0.25, 0.3) is 9.05 Å². The maximum Gasteiger partial charge on any atom is 0.261 e. The van der Waals surface area contributed by atoms with Crippen molar-refractivity contribution in [3.05, 3.63) is 23.5 Å². The van der Waals surface area contributed by atoms with Crippen LogP contribution in [0, 0.1) is 18.3 Å². The molecule has 0 saturated carbocycles. The average molecular weight is 217 g/mol. The third kappa shape index (κ3) is 2.17. The van der Waals surface area contributed by atoms with E-state index in [1.165, 1.54) is 6.20 Å². The molecule has 0 spiro atoms. The van der Waals surface area contributed by atoms with E-state index >= 15 is 0 Å². The van der Waals surface area contributed by atoms with E-state index in [2.05, 4.69) is 4.98 Å². The smallest absolute Gasteiger partial charge is 0.245 e. The van der Waals surface area contributed by atoms with Gasteiger partial charge in [0.15, 0.2) is 0 Å². The lowest BCUT2D eigenvalue weighted by Gasteiger charge is -1.99. The van der Waals surface area contributed by atoms with Crippen LogP contribution in [-0.4, -0.2) is 13.4 Å². The van der Waals surface area contributed by atoms with Gasteiger partial charge in [-0.1, -0.05) is 0 Å². The maximum atomic E-state index is 11.0. The van der Waals surface area contributed by atoms with Crippen molar-refractivity contribution in [3.63, 3.8) is 0 Å². The predicted molar refractivity (Wildman–Crippen MR) is 46.7 cm³/mol. The van der Waals surface area contributed by atoms with Crippen molar-refractivity contribution in [2.75, 3.05) is 0 Å². The molecule has 0 atom stereocenters. The van der Waals surface area contributed by atoms with Gasteiger partial charge in [-0.3, -0.25) is 0 Å². The van der Waals surface area contributed by atoms with Gasteiger partial charge < -0.3 is 0 Å². The molecule has 0 fully saturated rings. The SMILES string of the molecule is Cc1cnc(C#N)cc1S(=O)(=O)Cl. The van der Waals surface area contributed by atoms with Crippen molar-refractivity contribution < 1.29 is 8.42 Å². The van der Waals surface area contributed by atoms with Gasteiger partial charge in [-0.2, -0.15) is 5.26 Å². The number of aromatic nitrogens is 1. The highest BCUT2D eigenvalue weighted by atomic mass is 35.7. The van der Waals surface area contributed by atoms with Gasteiger partial charge in [0, 0.05) is 16.9 Å². The van der Waals surface area contributed by atoms with Gasteiger partial charge in [0.05, 0.1) is 4.90 Å². The lowest BCUT2D eigenvalue weighted by Crippen LogP contribution is -1.97. The van der Waals surface area contributed by atoms with Gasteiger partial charge in [-0.05, 0) is 18.6 Å². The molecule has 1 aromatic heterocycles. The van der Waals surface area contributed by atoms with Gasteiger partial charge >= 0.3 is 0 Å². The van der Waals surface area contributed by atoms with Crippen LogP contribution < -0.4 is 0 Å². The van der Waals surface area contributed by atoms with Crippen molar-refractivity contribution >= 4 is 19.7 Å². The topological polar surface area (TPSA) is 70.8 Å². The van der Waals surface area contributed by atoms with E-state index in [9.17, 15) is 8.42 Å². The van der Waals surface area contributed by atoms with Crippen LogP contribution in [0.5, 0.6) is 0 Å². The highest BCUT2D eigenvalue weighted by molar-refractivity contribution is 8.13. The number of hydrogen-bond acceptors (Lipinski definition) is 4. The second-order valence-corrected chi connectivity index (χ2v) is 4.92. The third-order valence-electron chi connectivity index (χ3n) is 1.43. The standard InChI is InChI=1S/C7H5ClN2O2S/c1-5-4-10-6(3-9)2-7(5)13(8,11)12/h2,4H,1H3. The Hall–Kier alpha value is -1.12. The van der Waals surface area contributed by atoms with Crippen molar-refractivity contribution in [3.8, 4) is 6.07 Å². The molecule has 0 aliphatic heterocycles. The number of rotatable bonds is 1. The first-order chi connectivity index (χ1) is 5.95. The van der Waals surface area contributed by atoms with Gasteiger partial charge in [-0.15, -0.1) is 0 Å².